The summed E-state index contributed by atoms with van der Waals surface area (Å²) in [6.45, 7) is 2.38. The molecule has 0 aliphatic rings. The molecule has 0 fully saturated rings. The van der Waals surface area contributed by atoms with E-state index in [-0.39, 0.29) is 18.2 Å². The van der Waals surface area contributed by atoms with Gasteiger partial charge in [-0.25, -0.2) is 14.3 Å². The second-order valence-corrected chi connectivity index (χ2v) is 5.56. The van der Waals surface area contributed by atoms with Gasteiger partial charge in [-0.1, -0.05) is 18.2 Å². The van der Waals surface area contributed by atoms with Crippen molar-refractivity contribution in [2.75, 3.05) is 12.0 Å². The Balaban J connectivity index is 1.70. The Hall–Kier alpha value is -3.75. The van der Waals surface area contributed by atoms with Gasteiger partial charge in [-0.15, -0.1) is 0 Å². The van der Waals surface area contributed by atoms with E-state index < -0.39 is 5.69 Å². The summed E-state index contributed by atoms with van der Waals surface area (Å²) in [5, 5.41) is 9.80. The lowest BCUT2D eigenvalue weighted by Gasteiger charge is -2.13. The van der Waals surface area contributed by atoms with E-state index in [1.54, 1.807) is 36.4 Å². The molecule has 144 valence electrons. The van der Waals surface area contributed by atoms with E-state index in [0.29, 0.717) is 23.7 Å². The van der Waals surface area contributed by atoms with Crippen molar-refractivity contribution in [2.24, 2.45) is 5.10 Å². The molecule has 0 saturated heterocycles. The van der Waals surface area contributed by atoms with Gasteiger partial charge >= 0.3 is 5.69 Å². The summed E-state index contributed by atoms with van der Waals surface area (Å²) in [5.41, 5.74) is 3.23. The second-order valence-electron chi connectivity index (χ2n) is 5.56. The highest BCUT2D eigenvalue weighted by Crippen LogP contribution is 2.29. The van der Waals surface area contributed by atoms with E-state index in [0.717, 1.165) is 5.56 Å². The number of rotatable bonds is 8. The predicted molar refractivity (Wildman–Crippen MR) is 102 cm³/mol. The fraction of sp³-hybridized carbons (Fsp3) is 0.158. The first kappa shape index (κ1) is 19.0. The van der Waals surface area contributed by atoms with Crippen molar-refractivity contribution >= 4 is 12.0 Å². The smallest absolute Gasteiger partial charge is 0.363 e. The number of anilines is 1. The van der Waals surface area contributed by atoms with Gasteiger partial charge in [0.05, 0.1) is 19.0 Å². The first-order valence-corrected chi connectivity index (χ1v) is 8.49. The fourth-order valence-corrected chi connectivity index (χ4v) is 2.30. The topological polar surface area (TPSA) is 101 Å². The molecule has 0 saturated carbocycles. The molecule has 0 atom stereocenters. The Morgan fingerprint density at radius 2 is 2.07 bits per heavy atom. The lowest BCUT2D eigenvalue weighted by Crippen LogP contribution is -2.13. The van der Waals surface area contributed by atoms with Crippen molar-refractivity contribution in [3.63, 3.8) is 0 Å². The number of benzene rings is 2. The van der Waals surface area contributed by atoms with Crippen LogP contribution in [0.15, 0.2) is 58.6 Å². The van der Waals surface area contributed by atoms with E-state index in [1.165, 1.54) is 18.5 Å². The highest BCUT2D eigenvalue weighted by atomic mass is 19.1. The largest absolute Gasteiger partial charge is 0.490 e. The van der Waals surface area contributed by atoms with Gasteiger partial charge in [-0.3, -0.25) is 5.43 Å². The average Bonchev–Trinajstić information content (AvgIpc) is 2.69. The SMILES string of the molecule is CCOc1cc(/C=N/Nc2cn[nH]c(=O)n2)ccc1OCc1ccccc1F. The van der Waals surface area contributed by atoms with Crippen LogP contribution in [0.1, 0.15) is 18.1 Å². The normalized spacial score (nSPS) is 10.8. The Kier molecular flexibility index (Phi) is 6.29. The van der Waals surface area contributed by atoms with Crippen LogP contribution in [-0.2, 0) is 6.61 Å². The third kappa shape index (κ3) is 5.13. The van der Waals surface area contributed by atoms with Crippen molar-refractivity contribution in [3.8, 4) is 11.5 Å². The van der Waals surface area contributed by atoms with Crippen LogP contribution in [0.2, 0.25) is 0 Å². The number of hydrogen-bond donors (Lipinski definition) is 2. The first-order valence-electron chi connectivity index (χ1n) is 8.49. The van der Waals surface area contributed by atoms with Gasteiger partial charge in [0.15, 0.2) is 17.3 Å². The molecule has 1 aromatic heterocycles. The highest BCUT2D eigenvalue weighted by molar-refractivity contribution is 5.81. The fourth-order valence-electron chi connectivity index (χ4n) is 2.30. The molecule has 0 aliphatic heterocycles. The Morgan fingerprint density at radius 3 is 2.86 bits per heavy atom. The second kappa shape index (κ2) is 9.26. The van der Waals surface area contributed by atoms with Crippen LogP contribution in [0, 0.1) is 5.82 Å². The molecule has 0 amide bonds. The van der Waals surface area contributed by atoms with E-state index in [4.69, 9.17) is 9.47 Å². The molecule has 0 unspecified atom stereocenters. The quantitative estimate of drug-likeness (QED) is 0.458. The number of hydrogen-bond acceptors (Lipinski definition) is 7. The number of halogens is 1. The summed E-state index contributed by atoms with van der Waals surface area (Å²) < 4.78 is 25.1. The summed E-state index contributed by atoms with van der Waals surface area (Å²) in [6, 6.07) is 11.7. The van der Waals surface area contributed by atoms with E-state index in [9.17, 15) is 9.18 Å². The van der Waals surface area contributed by atoms with Crippen LogP contribution in [0.5, 0.6) is 11.5 Å². The Bertz CT molecular complexity index is 1020. The van der Waals surface area contributed by atoms with Crippen LogP contribution in [0.3, 0.4) is 0 Å². The van der Waals surface area contributed by atoms with Gasteiger partial charge in [-0.2, -0.15) is 15.2 Å². The van der Waals surface area contributed by atoms with Gasteiger partial charge in [0, 0.05) is 5.56 Å². The number of nitrogens with zero attached hydrogens (tertiary/aromatic N) is 3. The Morgan fingerprint density at radius 1 is 1.21 bits per heavy atom. The molecule has 8 nitrogen and oxygen atoms in total. The van der Waals surface area contributed by atoms with Crippen LogP contribution in [-0.4, -0.2) is 28.0 Å². The monoisotopic (exact) mass is 383 g/mol. The first-order chi connectivity index (χ1) is 13.7. The summed E-state index contributed by atoms with van der Waals surface area (Å²) in [6.07, 6.45) is 2.87. The number of aromatic amines is 1. The number of ether oxygens (including phenoxy) is 2. The average molecular weight is 383 g/mol. The standard InChI is InChI=1S/C19H18FN5O3/c1-2-27-17-9-13(10-21-24-18-11-22-25-19(26)23-18)7-8-16(17)28-12-14-5-3-4-6-15(14)20/h3-11H,2,12H2,1H3,(H2,23,24,25,26)/b21-10+. The van der Waals surface area contributed by atoms with Crippen molar-refractivity contribution in [3.05, 3.63) is 76.1 Å². The maximum Gasteiger partial charge on any atom is 0.363 e. The minimum atomic E-state index is -0.574. The molecule has 0 spiro atoms. The van der Waals surface area contributed by atoms with Crippen LogP contribution in [0.4, 0.5) is 10.2 Å². The molecule has 0 aliphatic carbocycles. The molecule has 2 N–H and O–H groups in total. The zero-order chi connectivity index (χ0) is 19.8. The van der Waals surface area contributed by atoms with Crippen LogP contribution >= 0.6 is 0 Å². The van der Waals surface area contributed by atoms with Crippen molar-refractivity contribution in [1.82, 2.24) is 15.2 Å². The van der Waals surface area contributed by atoms with Crippen LogP contribution in [0.25, 0.3) is 0 Å². The lowest BCUT2D eigenvalue weighted by atomic mass is 10.2. The molecule has 3 aromatic rings. The summed E-state index contributed by atoms with van der Waals surface area (Å²) in [5.74, 6) is 0.905. The van der Waals surface area contributed by atoms with Gasteiger partial charge in [0.2, 0.25) is 0 Å². The zero-order valence-corrected chi connectivity index (χ0v) is 15.1. The van der Waals surface area contributed by atoms with Gasteiger partial charge in [0.25, 0.3) is 0 Å². The number of hydrazone groups is 1. The Labute approximate surface area is 160 Å². The van der Waals surface area contributed by atoms with Crippen LogP contribution < -0.4 is 20.6 Å². The molecule has 1 heterocycles. The summed E-state index contributed by atoms with van der Waals surface area (Å²) >= 11 is 0. The molecule has 2 aromatic carbocycles. The summed E-state index contributed by atoms with van der Waals surface area (Å²) in [7, 11) is 0. The number of nitrogens with one attached hydrogen (secondary N) is 2. The maximum absolute atomic E-state index is 13.7. The molecule has 0 bridgehead atoms. The van der Waals surface area contributed by atoms with Gasteiger partial charge in [-0.05, 0) is 36.8 Å². The van der Waals surface area contributed by atoms with Crippen molar-refractivity contribution in [1.29, 1.82) is 0 Å². The maximum atomic E-state index is 13.7. The minimum absolute atomic E-state index is 0.0863. The van der Waals surface area contributed by atoms with E-state index in [1.807, 2.05) is 6.92 Å². The highest BCUT2D eigenvalue weighted by Gasteiger charge is 2.08. The molecule has 3 rings (SSSR count). The molecular weight excluding hydrogens is 365 g/mol. The van der Waals surface area contributed by atoms with Gasteiger partial charge < -0.3 is 9.47 Å². The molecule has 0 radical (unpaired) electrons. The van der Waals surface area contributed by atoms with Crippen molar-refractivity contribution in [2.45, 2.75) is 13.5 Å². The lowest BCUT2D eigenvalue weighted by molar-refractivity contribution is 0.266. The van der Waals surface area contributed by atoms with E-state index in [2.05, 4.69) is 25.7 Å². The number of H-pyrrole nitrogens is 1. The summed E-state index contributed by atoms with van der Waals surface area (Å²) in [4.78, 5) is 14.7. The molecular formula is C19H18FN5O3. The number of aromatic nitrogens is 3. The van der Waals surface area contributed by atoms with Gasteiger partial charge in [0.1, 0.15) is 12.4 Å². The zero-order valence-electron chi connectivity index (χ0n) is 15.1. The predicted octanol–water partition coefficient (Wildman–Crippen LogP) is 2.73. The molecule has 28 heavy (non-hydrogen) atoms. The molecule has 9 heteroatoms. The third-order valence-corrected chi connectivity index (χ3v) is 3.57. The van der Waals surface area contributed by atoms with E-state index >= 15 is 0 Å². The van der Waals surface area contributed by atoms with Crippen molar-refractivity contribution < 1.29 is 13.9 Å². The third-order valence-electron chi connectivity index (χ3n) is 3.57. The minimum Gasteiger partial charge on any atom is -0.490 e.